The van der Waals surface area contributed by atoms with Gasteiger partial charge in [-0.05, 0) is 48.5 Å². The average molecular weight is 458 g/mol. The van der Waals surface area contributed by atoms with Crippen molar-refractivity contribution in [3.8, 4) is 17.2 Å². The fourth-order valence-corrected chi connectivity index (χ4v) is 3.32. The molecule has 0 aliphatic rings. The lowest BCUT2D eigenvalue weighted by molar-refractivity contribution is 0.102. The molecule has 0 saturated carbocycles. The van der Waals surface area contributed by atoms with E-state index in [1.165, 1.54) is 0 Å². The van der Waals surface area contributed by atoms with Gasteiger partial charge in [0.2, 0.25) is 5.89 Å². The minimum Gasteiger partial charge on any atom is -0.497 e. The van der Waals surface area contributed by atoms with Gasteiger partial charge in [-0.2, -0.15) is 0 Å². The topological polar surface area (TPSA) is 64.4 Å². The number of anilines is 1. The Morgan fingerprint density at radius 2 is 2.00 bits per heavy atom. The van der Waals surface area contributed by atoms with Gasteiger partial charge in [0, 0.05) is 21.8 Å². The van der Waals surface area contributed by atoms with Crippen LogP contribution in [-0.2, 0) is 0 Å². The smallest absolute Gasteiger partial charge is 0.257 e. The van der Waals surface area contributed by atoms with Crippen LogP contribution in [0.2, 0.25) is 5.02 Å². The summed E-state index contributed by atoms with van der Waals surface area (Å²) in [7, 11) is 1.60. The quantitative estimate of drug-likeness (QED) is 0.398. The van der Waals surface area contributed by atoms with E-state index in [1.807, 2.05) is 30.3 Å². The van der Waals surface area contributed by atoms with Gasteiger partial charge >= 0.3 is 0 Å². The van der Waals surface area contributed by atoms with Crippen LogP contribution in [-0.4, -0.2) is 18.0 Å². The summed E-state index contributed by atoms with van der Waals surface area (Å²) in [6.45, 7) is 0. The lowest BCUT2D eigenvalue weighted by Gasteiger charge is -2.08. The first-order valence-electron chi connectivity index (χ1n) is 8.35. The first-order chi connectivity index (χ1) is 13.5. The molecule has 0 atom stereocenters. The molecule has 140 valence electrons. The zero-order valence-electron chi connectivity index (χ0n) is 14.7. The fraction of sp³-hybridized carbons (Fsp3) is 0.0476. The van der Waals surface area contributed by atoms with Crippen molar-refractivity contribution in [2.45, 2.75) is 0 Å². The van der Waals surface area contributed by atoms with Crippen LogP contribution >= 0.6 is 27.5 Å². The van der Waals surface area contributed by atoms with Crippen molar-refractivity contribution in [3.63, 3.8) is 0 Å². The van der Waals surface area contributed by atoms with Gasteiger partial charge in [0.05, 0.1) is 17.7 Å². The number of benzene rings is 3. The Kier molecular flexibility index (Phi) is 5.07. The molecular formula is C21H14BrClN2O3. The summed E-state index contributed by atoms with van der Waals surface area (Å²) in [6, 6.07) is 17.8. The highest BCUT2D eigenvalue weighted by atomic mass is 79.9. The average Bonchev–Trinajstić information content (AvgIpc) is 3.13. The number of fused-ring (bicyclic) bond motifs is 1. The largest absolute Gasteiger partial charge is 0.497 e. The minimum absolute atomic E-state index is 0.300. The molecule has 0 saturated heterocycles. The number of carbonyl (C=O) groups is 1. The molecule has 0 spiro atoms. The van der Waals surface area contributed by atoms with E-state index < -0.39 is 0 Å². The fourth-order valence-electron chi connectivity index (χ4n) is 2.76. The van der Waals surface area contributed by atoms with Gasteiger partial charge in [-0.25, -0.2) is 4.98 Å². The number of carbonyl (C=O) groups excluding carboxylic acids is 1. The zero-order valence-corrected chi connectivity index (χ0v) is 17.0. The second kappa shape index (κ2) is 7.66. The van der Waals surface area contributed by atoms with Crippen molar-refractivity contribution in [2.24, 2.45) is 0 Å². The Morgan fingerprint density at radius 1 is 1.14 bits per heavy atom. The third-order valence-electron chi connectivity index (χ3n) is 4.14. The first-order valence-corrected chi connectivity index (χ1v) is 9.52. The summed E-state index contributed by atoms with van der Waals surface area (Å²) in [5.41, 5.74) is 3.10. The maximum atomic E-state index is 12.6. The molecule has 4 rings (SSSR count). The van der Waals surface area contributed by atoms with E-state index in [4.69, 9.17) is 20.8 Å². The number of hydrogen-bond acceptors (Lipinski definition) is 4. The van der Waals surface area contributed by atoms with Crippen molar-refractivity contribution >= 4 is 50.2 Å². The van der Waals surface area contributed by atoms with Crippen LogP contribution in [0.25, 0.3) is 22.6 Å². The van der Waals surface area contributed by atoms with Crippen molar-refractivity contribution in [1.82, 2.24) is 4.98 Å². The Morgan fingerprint density at radius 3 is 2.82 bits per heavy atom. The molecule has 1 aromatic heterocycles. The molecule has 0 radical (unpaired) electrons. The zero-order chi connectivity index (χ0) is 19.7. The summed E-state index contributed by atoms with van der Waals surface area (Å²) >= 11 is 9.49. The second-order valence-electron chi connectivity index (χ2n) is 6.01. The third kappa shape index (κ3) is 3.74. The Labute approximate surface area is 174 Å². The molecule has 1 heterocycles. The minimum atomic E-state index is -0.300. The Hall–Kier alpha value is -2.83. The highest BCUT2D eigenvalue weighted by molar-refractivity contribution is 9.10. The SMILES string of the molecule is COc1ccc2oc(-c3cccc(NC(=O)c4cc(Br)ccc4Cl)c3)nc2c1. The molecule has 7 heteroatoms. The van der Waals surface area contributed by atoms with E-state index in [9.17, 15) is 4.79 Å². The number of rotatable bonds is 4. The van der Waals surface area contributed by atoms with Crippen molar-refractivity contribution in [1.29, 1.82) is 0 Å². The molecule has 1 N–H and O–H groups in total. The third-order valence-corrected chi connectivity index (χ3v) is 4.96. The van der Waals surface area contributed by atoms with Gasteiger partial charge in [0.15, 0.2) is 5.58 Å². The lowest BCUT2D eigenvalue weighted by atomic mass is 10.1. The lowest BCUT2D eigenvalue weighted by Crippen LogP contribution is -2.12. The molecule has 0 unspecified atom stereocenters. The molecule has 5 nitrogen and oxygen atoms in total. The van der Waals surface area contributed by atoms with E-state index in [2.05, 4.69) is 26.2 Å². The van der Waals surface area contributed by atoms with E-state index in [-0.39, 0.29) is 5.91 Å². The maximum absolute atomic E-state index is 12.6. The number of amides is 1. The van der Waals surface area contributed by atoms with Crippen LogP contribution in [0.3, 0.4) is 0 Å². The maximum Gasteiger partial charge on any atom is 0.257 e. The van der Waals surface area contributed by atoms with Crippen LogP contribution < -0.4 is 10.1 Å². The van der Waals surface area contributed by atoms with Gasteiger partial charge in [0.25, 0.3) is 5.91 Å². The number of methoxy groups -OCH3 is 1. The summed E-state index contributed by atoms with van der Waals surface area (Å²) in [6.07, 6.45) is 0. The standard InChI is InChI=1S/C21H14BrClN2O3/c1-27-15-6-8-19-18(11-15)25-21(28-19)12-3-2-4-14(9-12)24-20(26)16-10-13(22)5-7-17(16)23/h2-11H,1H3,(H,24,26). The summed E-state index contributed by atoms with van der Waals surface area (Å²) in [5.74, 6) is 0.866. The van der Waals surface area contributed by atoms with Gasteiger partial charge in [-0.15, -0.1) is 0 Å². The van der Waals surface area contributed by atoms with Gasteiger partial charge in [0.1, 0.15) is 11.3 Å². The first kappa shape index (κ1) is 18.5. The van der Waals surface area contributed by atoms with E-state index in [0.29, 0.717) is 39.0 Å². The number of oxazole rings is 1. The molecule has 4 aromatic rings. The number of nitrogens with one attached hydrogen (secondary N) is 1. The molecule has 0 bridgehead atoms. The summed E-state index contributed by atoms with van der Waals surface area (Å²) in [4.78, 5) is 17.1. The number of hydrogen-bond donors (Lipinski definition) is 1. The number of halogens is 2. The predicted octanol–water partition coefficient (Wildman–Crippen LogP) is 6.17. The van der Waals surface area contributed by atoms with Gasteiger partial charge in [-0.3, -0.25) is 4.79 Å². The Balaban J connectivity index is 1.63. The van der Waals surface area contributed by atoms with Crippen LogP contribution in [0.1, 0.15) is 10.4 Å². The number of nitrogens with zero attached hydrogens (tertiary/aromatic N) is 1. The van der Waals surface area contributed by atoms with Crippen LogP contribution in [0.4, 0.5) is 5.69 Å². The normalized spacial score (nSPS) is 10.8. The molecule has 3 aromatic carbocycles. The van der Waals surface area contributed by atoms with Crippen molar-refractivity contribution in [2.75, 3.05) is 12.4 Å². The van der Waals surface area contributed by atoms with Crippen molar-refractivity contribution in [3.05, 3.63) is 75.7 Å². The molecule has 0 aliphatic heterocycles. The molecule has 0 aliphatic carbocycles. The van der Waals surface area contributed by atoms with Crippen LogP contribution in [0, 0.1) is 0 Å². The molecular weight excluding hydrogens is 444 g/mol. The summed E-state index contributed by atoms with van der Waals surface area (Å²) in [5, 5.41) is 3.23. The molecule has 0 fully saturated rings. The highest BCUT2D eigenvalue weighted by Gasteiger charge is 2.13. The van der Waals surface area contributed by atoms with Gasteiger partial charge < -0.3 is 14.5 Å². The monoisotopic (exact) mass is 456 g/mol. The second-order valence-corrected chi connectivity index (χ2v) is 7.33. The summed E-state index contributed by atoms with van der Waals surface area (Å²) < 4.78 is 11.8. The van der Waals surface area contributed by atoms with Crippen LogP contribution in [0.5, 0.6) is 5.75 Å². The highest BCUT2D eigenvalue weighted by Crippen LogP contribution is 2.29. The van der Waals surface area contributed by atoms with E-state index in [0.717, 1.165) is 10.0 Å². The number of aromatic nitrogens is 1. The van der Waals surface area contributed by atoms with Gasteiger partial charge in [-0.1, -0.05) is 33.6 Å². The Bertz CT molecular complexity index is 1190. The van der Waals surface area contributed by atoms with E-state index in [1.54, 1.807) is 37.4 Å². The molecule has 28 heavy (non-hydrogen) atoms. The van der Waals surface area contributed by atoms with Crippen LogP contribution in [0.15, 0.2) is 69.6 Å². The van der Waals surface area contributed by atoms with Crippen molar-refractivity contribution < 1.29 is 13.9 Å². The van der Waals surface area contributed by atoms with E-state index >= 15 is 0 Å². The number of ether oxygens (including phenoxy) is 1. The molecule has 1 amide bonds. The predicted molar refractivity (Wildman–Crippen MR) is 113 cm³/mol.